The lowest BCUT2D eigenvalue weighted by Gasteiger charge is -2.24. The Balaban J connectivity index is 2.12. The van der Waals surface area contributed by atoms with E-state index in [2.05, 4.69) is 31.1 Å². The van der Waals surface area contributed by atoms with E-state index in [1.54, 1.807) is 6.20 Å². The van der Waals surface area contributed by atoms with Crippen LogP contribution in [-0.4, -0.2) is 17.4 Å². The second-order valence-electron chi connectivity index (χ2n) is 6.60. The molecule has 21 heavy (non-hydrogen) atoms. The smallest absolute Gasteiger partial charge is 0.228 e. The number of fused-ring (bicyclic) bond motifs is 1. The fraction of sp³-hybridized carbons (Fsp3) is 0.412. The summed E-state index contributed by atoms with van der Waals surface area (Å²) in [5, 5.41) is 3.97. The number of aromatic nitrogens is 1. The molecule has 1 heterocycles. The Hall–Kier alpha value is -1.94. The van der Waals surface area contributed by atoms with Gasteiger partial charge in [-0.3, -0.25) is 9.78 Å². The standard InChI is InChI=1S/C17H23N3O/c1-17(2,3)10-13(11-18)16(21)20-14-6-7-15-12(9-14)5-4-8-19-15/h4-9,13H,10-11,18H2,1-3H3,(H,20,21). The Morgan fingerprint density at radius 3 is 2.76 bits per heavy atom. The molecule has 4 nitrogen and oxygen atoms in total. The minimum absolute atomic E-state index is 0.0179. The van der Waals surface area contributed by atoms with E-state index < -0.39 is 0 Å². The quantitative estimate of drug-likeness (QED) is 0.906. The molecule has 1 unspecified atom stereocenters. The van der Waals surface area contributed by atoms with Crippen LogP contribution in [0, 0.1) is 11.3 Å². The largest absolute Gasteiger partial charge is 0.330 e. The maximum absolute atomic E-state index is 12.4. The molecule has 0 radical (unpaired) electrons. The molecule has 0 saturated heterocycles. The lowest BCUT2D eigenvalue weighted by molar-refractivity contribution is -0.120. The normalized spacial score (nSPS) is 13.1. The molecule has 4 heteroatoms. The summed E-state index contributed by atoms with van der Waals surface area (Å²) < 4.78 is 0. The predicted octanol–water partition coefficient (Wildman–Crippen LogP) is 3.18. The van der Waals surface area contributed by atoms with E-state index >= 15 is 0 Å². The van der Waals surface area contributed by atoms with Gasteiger partial charge in [0.25, 0.3) is 0 Å². The van der Waals surface area contributed by atoms with Crippen LogP contribution in [0.1, 0.15) is 27.2 Å². The van der Waals surface area contributed by atoms with E-state index in [4.69, 9.17) is 5.73 Å². The van der Waals surface area contributed by atoms with Gasteiger partial charge in [0.2, 0.25) is 5.91 Å². The van der Waals surface area contributed by atoms with Crippen LogP contribution in [0.15, 0.2) is 36.5 Å². The van der Waals surface area contributed by atoms with Gasteiger partial charge in [-0.2, -0.15) is 0 Å². The third kappa shape index (κ3) is 4.26. The molecule has 0 spiro atoms. The second kappa shape index (κ2) is 6.22. The number of nitrogens with two attached hydrogens (primary N) is 1. The van der Waals surface area contributed by atoms with Crippen molar-refractivity contribution in [3.63, 3.8) is 0 Å². The molecule has 0 aliphatic rings. The van der Waals surface area contributed by atoms with E-state index in [0.717, 1.165) is 23.0 Å². The van der Waals surface area contributed by atoms with Gasteiger partial charge in [-0.1, -0.05) is 26.8 Å². The van der Waals surface area contributed by atoms with Crippen LogP contribution in [0.2, 0.25) is 0 Å². The zero-order valence-electron chi connectivity index (χ0n) is 12.9. The molecular formula is C17H23N3O. The maximum atomic E-state index is 12.4. The molecule has 1 atom stereocenters. The summed E-state index contributed by atoms with van der Waals surface area (Å²) in [4.78, 5) is 16.6. The Kier molecular flexibility index (Phi) is 4.58. The van der Waals surface area contributed by atoms with E-state index in [1.165, 1.54) is 0 Å². The van der Waals surface area contributed by atoms with Crippen molar-refractivity contribution in [2.75, 3.05) is 11.9 Å². The Bertz CT molecular complexity index is 631. The highest BCUT2D eigenvalue weighted by Crippen LogP contribution is 2.25. The van der Waals surface area contributed by atoms with Crippen molar-refractivity contribution in [3.05, 3.63) is 36.5 Å². The number of rotatable bonds is 4. The van der Waals surface area contributed by atoms with Crippen LogP contribution in [-0.2, 0) is 4.79 Å². The van der Waals surface area contributed by atoms with Gasteiger partial charge in [0.15, 0.2) is 0 Å². The molecule has 0 aliphatic heterocycles. The lowest BCUT2D eigenvalue weighted by Crippen LogP contribution is -2.32. The minimum atomic E-state index is -0.172. The number of pyridine rings is 1. The van der Waals surface area contributed by atoms with Gasteiger partial charge in [-0.15, -0.1) is 0 Å². The van der Waals surface area contributed by atoms with Crippen LogP contribution in [0.3, 0.4) is 0 Å². The summed E-state index contributed by atoms with van der Waals surface area (Å²) in [7, 11) is 0. The molecule has 112 valence electrons. The predicted molar refractivity (Wildman–Crippen MR) is 87.0 cm³/mol. The number of anilines is 1. The van der Waals surface area contributed by atoms with E-state index in [-0.39, 0.29) is 17.2 Å². The van der Waals surface area contributed by atoms with Crippen LogP contribution < -0.4 is 11.1 Å². The van der Waals surface area contributed by atoms with Crippen LogP contribution in [0.4, 0.5) is 5.69 Å². The molecule has 1 aromatic heterocycles. The summed E-state index contributed by atoms with van der Waals surface area (Å²) in [6, 6.07) is 9.58. The highest BCUT2D eigenvalue weighted by Gasteiger charge is 2.23. The summed E-state index contributed by atoms with van der Waals surface area (Å²) in [6.45, 7) is 6.71. The number of nitrogens with one attached hydrogen (secondary N) is 1. The van der Waals surface area contributed by atoms with Crippen molar-refractivity contribution < 1.29 is 4.79 Å². The summed E-state index contributed by atoms with van der Waals surface area (Å²) in [6.07, 6.45) is 2.53. The molecule has 3 N–H and O–H groups in total. The third-order valence-electron chi connectivity index (χ3n) is 3.38. The summed E-state index contributed by atoms with van der Waals surface area (Å²) in [5.41, 5.74) is 7.53. The number of amides is 1. The number of nitrogens with zero attached hydrogens (tertiary/aromatic N) is 1. The van der Waals surface area contributed by atoms with E-state index in [0.29, 0.717) is 6.54 Å². The van der Waals surface area contributed by atoms with Crippen molar-refractivity contribution >= 4 is 22.5 Å². The fourth-order valence-electron chi connectivity index (χ4n) is 2.42. The van der Waals surface area contributed by atoms with Crippen LogP contribution >= 0.6 is 0 Å². The first-order valence-corrected chi connectivity index (χ1v) is 7.25. The van der Waals surface area contributed by atoms with Gasteiger partial charge < -0.3 is 11.1 Å². The number of benzene rings is 1. The highest BCUT2D eigenvalue weighted by molar-refractivity contribution is 5.95. The molecule has 1 amide bonds. The van der Waals surface area contributed by atoms with Crippen molar-refractivity contribution in [1.82, 2.24) is 4.98 Å². The van der Waals surface area contributed by atoms with Gasteiger partial charge in [-0.05, 0) is 36.1 Å². The second-order valence-corrected chi connectivity index (χ2v) is 6.60. The molecule has 1 aromatic carbocycles. The monoisotopic (exact) mass is 285 g/mol. The van der Waals surface area contributed by atoms with Crippen molar-refractivity contribution in [2.24, 2.45) is 17.1 Å². The summed E-state index contributed by atoms with van der Waals surface area (Å²) in [5.74, 6) is -0.190. The molecule has 0 saturated carbocycles. The summed E-state index contributed by atoms with van der Waals surface area (Å²) >= 11 is 0. The van der Waals surface area contributed by atoms with Crippen LogP contribution in [0.5, 0.6) is 0 Å². The Labute approximate surface area is 125 Å². The number of hydrogen-bond acceptors (Lipinski definition) is 3. The molecule has 0 aliphatic carbocycles. The molecule has 0 fully saturated rings. The average molecular weight is 285 g/mol. The average Bonchev–Trinajstić information content (AvgIpc) is 2.43. The first kappa shape index (κ1) is 15.4. The zero-order valence-corrected chi connectivity index (χ0v) is 12.9. The maximum Gasteiger partial charge on any atom is 0.228 e. The lowest BCUT2D eigenvalue weighted by atomic mass is 9.84. The first-order valence-electron chi connectivity index (χ1n) is 7.25. The van der Waals surface area contributed by atoms with Crippen molar-refractivity contribution in [1.29, 1.82) is 0 Å². The number of hydrogen-bond donors (Lipinski definition) is 2. The van der Waals surface area contributed by atoms with Gasteiger partial charge >= 0.3 is 0 Å². The van der Waals surface area contributed by atoms with Crippen LogP contribution in [0.25, 0.3) is 10.9 Å². The third-order valence-corrected chi connectivity index (χ3v) is 3.38. The fourth-order valence-corrected chi connectivity index (χ4v) is 2.42. The van der Waals surface area contributed by atoms with E-state index in [9.17, 15) is 4.79 Å². The van der Waals surface area contributed by atoms with E-state index in [1.807, 2.05) is 30.3 Å². The molecule has 0 bridgehead atoms. The van der Waals surface area contributed by atoms with Gasteiger partial charge in [0, 0.05) is 23.8 Å². The number of carbonyl (C=O) groups is 1. The first-order chi connectivity index (χ1) is 9.89. The topological polar surface area (TPSA) is 68.0 Å². The molecule has 2 aromatic rings. The molecular weight excluding hydrogens is 262 g/mol. The van der Waals surface area contributed by atoms with Crippen molar-refractivity contribution in [3.8, 4) is 0 Å². The molecule has 2 rings (SSSR count). The zero-order chi connectivity index (χ0) is 15.5. The number of carbonyl (C=O) groups excluding carboxylic acids is 1. The Morgan fingerprint density at radius 1 is 1.33 bits per heavy atom. The van der Waals surface area contributed by atoms with Gasteiger partial charge in [0.05, 0.1) is 11.4 Å². The highest BCUT2D eigenvalue weighted by atomic mass is 16.1. The minimum Gasteiger partial charge on any atom is -0.330 e. The van der Waals surface area contributed by atoms with Gasteiger partial charge in [0.1, 0.15) is 0 Å². The van der Waals surface area contributed by atoms with Crippen molar-refractivity contribution in [2.45, 2.75) is 27.2 Å². The SMILES string of the molecule is CC(C)(C)CC(CN)C(=O)Nc1ccc2ncccc2c1. The van der Waals surface area contributed by atoms with Gasteiger partial charge in [-0.25, -0.2) is 0 Å². The Morgan fingerprint density at radius 2 is 2.10 bits per heavy atom.